The molecule has 0 spiro atoms. The van der Waals surface area contributed by atoms with Crippen molar-refractivity contribution in [1.29, 1.82) is 0 Å². The molecule has 1 atom stereocenters. The first kappa shape index (κ1) is 13.4. The number of hydrogen-bond donors (Lipinski definition) is 1. The Bertz CT molecular complexity index is 327. The largest absolute Gasteiger partial charge is 0.309 e. The van der Waals surface area contributed by atoms with Crippen molar-refractivity contribution in [2.75, 3.05) is 6.54 Å². The fourth-order valence-electron chi connectivity index (χ4n) is 1.40. The first-order chi connectivity index (χ1) is 7.04. The van der Waals surface area contributed by atoms with E-state index >= 15 is 0 Å². The summed E-state index contributed by atoms with van der Waals surface area (Å²) in [6.45, 7) is 9.15. The molecule has 84 valence electrons. The molecule has 1 aromatic rings. The van der Waals surface area contributed by atoms with Gasteiger partial charge in [-0.25, -0.2) is 0 Å². The summed E-state index contributed by atoms with van der Waals surface area (Å²) in [4.78, 5) is 1.35. The molecule has 4 heteroatoms. The molecule has 0 aliphatic heterocycles. The summed E-state index contributed by atoms with van der Waals surface area (Å²) in [6.07, 6.45) is 0.993. The average molecular weight is 353 g/mol. The SMILES string of the molecule is C=C(C)CC(NCC)c1cc(Br)c(Br)s1. The van der Waals surface area contributed by atoms with Crippen LogP contribution in [0, 0.1) is 0 Å². The molecule has 1 N–H and O–H groups in total. The molecule has 0 saturated heterocycles. The van der Waals surface area contributed by atoms with Gasteiger partial charge in [-0.3, -0.25) is 0 Å². The third-order valence-corrected chi connectivity index (χ3v) is 5.38. The second-order valence-electron chi connectivity index (χ2n) is 3.54. The Morgan fingerprint density at radius 2 is 2.27 bits per heavy atom. The van der Waals surface area contributed by atoms with Crippen molar-refractivity contribution in [1.82, 2.24) is 5.32 Å². The smallest absolute Gasteiger partial charge is 0.0843 e. The van der Waals surface area contributed by atoms with Gasteiger partial charge in [-0.1, -0.05) is 12.5 Å². The van der Waals surface area contributed by atoms with Crippen LogP contribution in [0.25, 0.3) is 0 Å². The van der Waals surface area contributed by atoms with Crippen molar-refractivity contribution in [3.8, 4) is 0 Å². The highest BCUT2D eigenvalue weighted by molar-refractivity contribution is 9.13. The van der Waals surface area contributed by atoms with Gasteiger partial charge in [-0.2, -0.15) is 0 Å². The molecule has 0 radical (unpaired) electrons. The molecule has 0 amide bonds. The van der Waals surface area contributed by atoms with Crippen molar-refractivity contribution < 1.29 is 0 Å². The molecule has 15 heavy (non-hydrogen) atoms. The monoisotopic (exact) mass is 351 g/mol. The summed E-state index contributed by atoms with van der Waals surface area (Å²) in [5.74, 6) is 0. The van der Waals surface area contributed by atoms with Gasteiger partial charge >= 0.3 is 0 Å². The minimum atomic E-state index is 0.389. The van der Waals surface area contributed by atoms with Crippen LogP contribution < -0.4 is 5.32 Å². The Labute approximate surface area is 112 Å². The summed E-state index contributed by atoms with van der Waals surface area (Å²) in [6, 6.07) is 2.56. The number of thiophene rings is 1. The molecule has 1 nitrogen and oxygen atoms in total. The molecular weight excluding hydrogens is 338 g/mol. The molecule has 0 fully saturated rings. The van der Waals surface area contributed by atoms with Crippen molar-refractivity contribution in [2.45, 2.75) is 26.3 Å². The van der Waals surface area contributed by atoms with Crippen LogP contribution in [-0.2, 0) is 0 Å². The minimum absolute atomic E-state index is 0.389. The Kier molecular flexibility index (Phi) is 5.53. The maximum absolute atomic E-state index is 3.97. The Morgan fingerprint density at radius 1 is 1.60 bits per heavy atom. The molecule has 0 aromatic carbocycles. The zero-order valence-electron chi connectivity index (χ0n) is 8.94. The van der Waals surface area contributed by atoms with E-state index in [2.05, 4.69) is 63.7 Å². The topological polar surface area (TPSA) is 12.0 Å². The lowest BCUT2D eigenvalue weighted by atomic mass is 10.1. The van der Waals surface area contributed by atoms with E-state index in [1.807, 2.05) is 0 Å². The molecule has 1 unspecified atom stereocenters. The third kappa shape index (κ3) is 4.02. The summed E-state index contributed by atoms with van der Waals surface area (Å²) >= 11 is 8.81. The Balaban J connectivity index is 2.83. The van der Waals surface area contributed by atoms with Gasteiger partial charge in [-0.05, 0) is 57.8 Å². The van der Waals surface area contributed by atoms with Gasteiger partial charge in [0.25, 0.3) is 0 Å². The summed E-state index contributed by atoms with van der Waals surface area (Å²) in [5.41, 5.74) is 1.21. The highest BCUT2D eigenvalue weighted by Crippen LogP contribution is 2.37. The molecule has 0 aliphatic carbocycles. The van der Waals surface area contributed by atoms with Crippen LogP contribution >= 0.6 is 43.2 Å². The van der Waals surface area contributed by atoms with E-state index in [1.165, 1.54) is 10.5 Å². The second kappa shape index (κ2) is 6.18. The predicted molar refractivity (Wildman–Crippen MR) is 75.6 cm³/mol. The summed E-state index contributed by atoms with van der Waals surface area (Å²) in [5, 5.41) is 3.48. The van der Waals surface area contributed by atoms with Crippen LogP contribution in [0.15, 0.2) is 26.5 Å². The summed E-state index contributed by atoms with van der Waals surface area (Å²) < 4.78 is 2.29. The van der Waals surface area contributed by atoms with Gasteiger partial charge in [0, 0.05) is 15.4 Å². The van der Waals surface area contributed by atoms with Gasteiger partial charge in [0.15, 0.2) is 0 Å². The van der Waals surface area contributed by atoms with Crippen LogP contribution in [0.1, 0.15) is 31.2 Å². The lowest BCUT2D eigenvalue weighted by Crippen LogP contribution is -2.20. The second-order valence-corrected chi connectivity index (χ2v) is 6.80. The van der Waals surface area contributed by atoms with Gasteiger partial charge in [0.1, 0.15) is 0 Å². The van der Waals surface area contributed by atoms with Crippen LogP contribution in [0.3, 0.4) is 0 Å². The maximum Gasteiger partial charge on any atom is 0.0843 e. The average Bonchev–Trinajstić information content (AvgIpc) is 2.46. The van der Waals surface area contributed by atoms with E-state index in [0.29, 0.717) is 6.04 Å². The zero-order chi connectivity index (χ0) is 11.4. The van der Waals surface area contributed by atoms with E-state index in [1.54, 1.807) is 11.3 Å². The van der Waals surface area contributed by atoms with Crippen LogP contribution in [-0.4, -0.2) is 6.54 Å². The van der Waals surface area contributed by atoms with Crippen molar-refractivity contribution in [2.24, 2.45) is 0 Å². The van der Waals surface area contributed by atoms with Crippen molar-refractivity contribution >= 4 is 43.2 Å². The molecule has 1 aromatic heterocycles. The van der Waals surface area contributed by atoms with E-state index < -0.39 is 0 Å². The van der Waals surface area contributed by atoms with E-state index in [9.17, 15) is 0 Å². The van der Waals surface area contributed by atoms with E-state index in [-0.39, 0.29) is 0 Å². The number of hydrogen-bond acceptors (Lipinski definition) is 2. The number of halogens is 2. The van der Waals surface area contributed by atoms with Crippen LogP contribution in [0.5, 0.6) is 0 Å². The molecule has 0 saturated carbocycles. The van der Waals surface area contributed by atoms with E-state index in [0.717, 1.165) is 21.2 Å². The van der Waals surface area contributed by atoms with Gasteiger partial charge < -0.3 is 5.32 Å². The zero-order valence-corrected chi connectivity index (χ0v) is 12.9. The lowest BCUT2D eigenvalue weighted by molar-refractivity contribution is 0.556. The molecule has 0 aliphatic rings. The lowest BCUT2D eigenvalue weighted by Gasteiger charge is -2.16. The normalized spacial score (nSPS) is 12.8. The third-order valence-electron chi connectivity index (χ3n) is 2.01. The minimum Gasteiger partial charge on any atom is -0.309 e. The first-order valence-corrected chi connectivity index (χ1v) is 7.27. The fourth-order valence-corrected chi connectivity index (χ4v) is 3.57. The highest BCUT2D eigenvalue weighted by atomic mass is 79.9. The first-order valence-electron chi connectivity index (χ1n) is 4.87. The van der Waals surface area contributed by atoms with Crippen molar-refractivity contribution in [3.63, 3.8) is 0 Å². The standard InChI is InChI=1S/C11H15Br2NS/c1-4-14-9(5-7(2)3)10-6-8(12)11(13)15-10/h6,9,14H,2,4-5H2,1,3H3. The molecular formula is C11H15Br2NS. The highest BCUT2D eigenvalue weighted by Gasteiger charge is 2.14. The van der Waals surface area contributed by atoms with Crippen LogP contribution in [0.4, 0.5) is 0 Å². The Hall–Kier alpha value is 0.360. The molecule has 1 heterocycles. The van der Waals surface area contributed by atoms with E-state index in [4.69, 9.17) is 0 Å². The Morgan fingerprint density at radius 3 is 2.67 bits per heavy atom. The van der Waals surface area contributed by atoms with Crippen molar-refractivity contribution in [3.05, 3.63) is 31.4 Å². The number of rotatable bonds is 5. The van der Waals surface area contributed by atoms with Gasteiger partial charge in [-0.15, -0.1) is 17.9 Å². The molecule has 0 bridgehead atoms. The quantitative estimate of drug-likeness (QED) is 0.744. The summed E-state index contributed by atoms with van der Waals surface area (Å²) in [7, 11) is 0. The van der Waals surface area contributed by atoms with Crippen LogP contribution in [0.2, 0.25) is 0 Å². The molecule has 1 rings (SSSR count). The fraction of sp³-hybridized carbons (Fsp3) is 0.455. The predicted octanol–water partition coefficient (Wildman–Crippen LogP) is 4.89. The number of nitrogens with one attached hydrogen (secondary N) is 1. The van der Waals surface area contributed by atoms with Gasteiger partial charge in [0.2, 0.25) is 0 Å². The maximum atomic E-state index is 3.97. The van der Waals surface area contributed by atoms with Gasteiger partial charge in [0.05, 0.1) is 3.79 Å².